The average Bonchev–Trinajstić information content (AvgIpc) is 2.32. The van der Waals surface area contributed by atoms with Crippen molar-refractivity contribution in [2.45, 2.75) is 37.8 Å². The van der Waals surface area contributed by atoms with E-state index in [4.69, 9.17) is 16.3 Å². The lowest BCUT2D eigenvalue weighted by molar-refractivity contribution is 0.0669. The number of aromatic nitrogens is 1. The summed E-state index contributed by atoms with van der Waals surface area (Å²) in [6.45, 7) is 0. The molecule has 1 fully saturated rings. The Morgan fingerprint density at radius 3 is 3.12 bits per heavy atom. The van der Waals surface area contributed by atoms with E-state index in [0.29, 0.717) is 12.1 Å². The molecule has 1 saturated carbocycles. The molecule has 3 nitrogen and oxygen atoms in total. The third-order valence-electron chi connectivity index (χ3n) is 3.09. The zero-order valence-corrected chi connectivity index (χ0v) is 10.2. The van der Waals surface area contributed by atoms with Gasteiger partial charge in [-0.15, -0.1) is 0 Å². The van der Waals surface area contributed by atoms with E-state index in [0.717, 1.165) is 23.6 Å². The van der Waals surface area contributed by atoms with Crippen molar-refractivity contribution in [3.63, 3.8) is 0 Å². The predicted octanol–water partition coefficient (Wildman–Crippen LogP) is 3.10. The van der Waals surface area contributed by atoms with Crippen molar-refractivity contribution in [2.24, 2.45) is 0 Å². The van der Waals surface area contributed by atoms with Gasteiger partial charge in [0.1, 0.15) is 0 Å². The minimum Gasteiger partial charge on any atom is -0.381 e. The monoisotopic (exact) mass is 240 g/mol. The summed E-state index contributed by atoms with van der Waals surface area (Å²) in [6, 6.07) is 2.25. The molecule has 1 aliphatic rings. The van der Waals surface area contributed by atoms with Crippen LogP contribution in [0.4, 0.5) is 5.69 Å². The van der Waals surface area contributed by atoms with Crippen LogP contribution in [0.2, 0.25) is 5.02 Å². The van der Waals surface area contributed by atoms with E-state index < -0.39 is 0 Å². The highest BCUT2D eigenvalue weighted by Gasteiger charge is 2.21. The SMILES string of the molecule is COC1CCCC(Nc2cnccc2Cl)C1. The maximum Gasteiger partial charge on any atom is 0.0718 e. The van der Waals surface area contributed by atoms with E-state index in [1.807, 2.05) is 0 Å². The van der Waals surface area contributed by atoms with Gasteiger partial charge in [-0.3, -0.25) is 4.98 Å². The number of halogens is 1. The molecule has 4 heteroatoms. The standard InChI is InChI=1S/C12H17ClN2O/c1-16-10-4-2-3-9(7-10)15-12-8-14-6-5-11(12)13/h5-6,8-10,15H,2-4,7H2,1H3. The first kappa shape index (κ1) is 11.7. The van der Waals surface area contributed by atoms with Gasteiger partial charge < -0.3 is 10.1 Å². The summed E-state index contributed by atoms with van der Waals surface area (Å²) >= 11 is 6.08. The predicted molar refractivity (Wildman–Crippen MR) is 65.9 cm³/mol. The van der Waals surface area contributed by atoms with Gasteiger partial charge >= 0.3 is 0 Å². The molecule has 2 unspecified atom stereocenters. The summed E-state index contributed by atoms with van der Waals surface area (Å²) in [5.41, 5.74) is 0.922. The number of rotatable bonds is 3. The summed E-state index contributed by atoms with van der Waals surface area (Å²) in [4.78, 5) is 4.07. The Kier molecular flexibility index (Phi) is 4.02. The van der Waals surface area contributed by atoms with Crippen LogP contribution in [0.5, 0.6) is 0 Å². The first-order chi connectivity index (χ1) is 7.79. The molecule has 0 bridgehead atoms. The Morgan fingerprint density at radius 1 is 1.50 bits per heavy atom. The maximum absolute atomic E-state index is 6.08. The fraction of sp³-hybridized carbons (Fsp3) is 0.583. The van der Waals surface area contributed by atoms with Gasteiger partial charge in [0.25, 0.3) is 0 Å². The molecule has 88 valence electrons. The first-order valence-electron chi connectivity index (χ1n) is 5.68. The van der Waals surface area contributed by atoms with Crippen LogP contribution in [0, 0.1) is 0 Å². The molecular weight excluding hydrogens is 224 g/mol. The second-order valence-corrected chi connectivity index (χ2v) is 4.63. The number of pyridine rings is 1. The molecule has 1 aromatic rings. The van der Waals surface area contributed by atoms with E-state index in [9.17, 15) is 0 Å². The first-order valence-corrected chi connectivity index (χ1v) is 6.06. The van der Waals surface area contributed by atoms with Gasteiger partial charge in [-0.05, 0) is 31.7 Å². The quantitative estimate of drug-likeness (QED) is 0.882. The van der Waals surface area contributed by atoms with Crippen molar-refractivity contribution in [3.05, 3.63) is 23.5 Å². The number of hydrogen-bond donors (Lipinski definition) is 1. The normalized spacial score (nSPS) is 25.4. The van der Waals surface area contributed by atoms with E-state index in [1.54, 1.807) is 25.6 Å². The van der Waals surface area contributed by atoms with Crippen molar-refractivity contribution in [1.82, 2.24) is 4.98 Å². The molecule has 0 aromatic carbocycles. The Morgan fingerprint density at radius 2 is 2.38 bits per heavy atom. The molecule has 0 saturated heterocycles. The second-order valence-electron chi connectivity index (χ2n) is 4.22. The van der Waals surface area contributed by atoms with Gasteiger partial charge in [-0.25, -0.2) is 0 Å². The topological polar surface area (TPSA) is 34.1 Å². The van der Waals surface area contributed by atoms with Crippen LogP contribution in [0.25, 0.3) is 0 Å². The molecule has 1 aliphatic carbocycles. The number of nitrogens with one attached hydrogen (secondary N) is 1. The molecule has 16 heavy (non-hydrogen) atoms. The number of ether oxygens (including phenoxy) is 1. The number of nitrogens with zero attached hydrogens (tertiary/aromatic N) is 1. The third-order valence-corrected chi connectivity index (χ3v) is 3.42. The highest BCUT2D eigenvalue weighted by molar-refractivity contribution is 6.33. The fourth-order valence-corrected chi connectivity index (χ4v) is 2.35. The second kappa shape index (κ2) is 5.51. The van der Waals surface area contributed by atoms with Crippen LogP contribution in [0.15, 0.2) is 18.5 Å². The summed E-state index contributed by atoms with van der Waals surface area (Å²) in [5.74, 6) is 0. The summed E-state index contributed by atoms with van der Waals surface area (Å²) in [6.07, 6.45) is 8.43. The van der Waals surface area contributed by atoms with E-state index in [1.165, 1.54) is 12.8 Å². The molecule has 1 heterocycles. The van der Waals surface area contributed by atoms with Crippen LogP contribution in [0.3, 0.4) is 0 Å². The molecule has 1 aromatic heterocycles. The highest BCUT2D eigenvalue weighted by Crippen LogP contribution is 2.26. The van der Waals surface area contributed by atoms with Crippen LogP contribution >= 0.6 is 11.6 Å². The van der Waals surface area contributed by atoms with Crippen LogP contribution in [-0.2, 0) is 4.74 Å². The lowest BCUT2D eigenvalue weighted by Gasteiger charge is -2.29. The van der Waals surface area contributed by atoms with Crippen molar-refractivity contribution in [1.29, 1.82) is 0 Å². The van der Waals surface area contributed by atoms with Gasteiger partial charge in [0.05, 0.1) is 23.0 Å². The highest BCUT2D eigenvalue weighted by atomic mass is 35.5. The van der Waals surface area contributed by atoms with Gasteiger partial charge in [-0.2, -0.15) is 0 Å². The summed E-state index contributed by atoms with van der Waals surface area (Å²) < 4.78 is 5.40. The Balaban J connectivity index is 1.97. The van der Waals surface area contributed by atoms with Crippen LogP contribution in [0.1, 0.15) is 25.7 Å². The fourth-order valence-electron chi connectivity index (χ4n) is 2.19. The van der Waals surface area contributed by atoms with Crippen LogP contribution in [-0.4, -0.2) is 24.2 Å². The summed E-state index contributed by atoms with van der Waals surface area (Å²) in [5, 5.41) is 4.17. The van der Waals surface area contributed by atoms with Gasteiger partial charge in [-0.1, -0.05) is 11.6 Å². The van der Waals surface area contributed by atoms with E-state index in [-0.39, 0.29) is 0 Å². The van der Waals surface area contributed by atoms with E-state index in [2.05, 4.69) is 10.3 Å². The average molecular weight is 241 g/mol. The zero-order valence-electron chi connectivity index (χ0n) is 9.45. The molecular formula is C12H17ClN2O. The molecule has 2 atom stereocenters. The van der Waals surface area contributed by atoms with Gasteiger partial charge in [0, 0.05) is 19.3 Å². The van der Waals surface area contributed by atoms with Crippen LogP contribution < -0.4 is 5.32 Å². The summed E-state index contributed by atoms with van der Waals surface area (Å²) in [7, 11) is 1.78. The Bertz CT molecular complexity index is 346. The lowest BCUT2D eigenvalue weighted by atomic mass is 9.93. The molecule has 0 amide bonds. The maximum atomic E-state index is 6.08. The number of methoxy groups -OCH3 is 1. The van der Waals surface area contributed by atoms with Crippen molar-refractivity contribution in [3.8, 4) is 0 Å². The van der Waals surface area contributed by atoms with Crippen molar-refractivity contribution >= 4 is 17.3 Å². The van der Waals surface area contributed by atoms with Gasteiger partial charge in [0.15, 0.2) is 0 Å². The third kappa shape index (κ3) is 2.86. The Labute approximate surface area is 101 Å². The van der Waals surface area contributed by atoms with Crippen molar-refractivity contribution in [2.75, 3.05) is 12.4 Å². The molecule has 0 aliphatic heterocycles. The molecule has 1 N–H and O–H groups in total. The minimum absolute atomic E-state index is 0.377. The number of anilines is 1. The number of hydrogen-bond acceptors (Lipinski definition) is 3. The molecule has 0 spiro atoms. The molecule has 0 radical (unpaired) electrons. The molecule has 2 rings (SSSR count). The largest absolute Gasteiger partial charge is 0.381 e. The van der Waals surface area contributed by atoms with Gasteiger partial charge in [0.2, 0.25) is 0 Å². The zero-order chi connectivity index (χ0) is 11.4. The Hall–Kier alpha value is -0.800. The van der Waals surface area contributed by atoms with Crippen molar-refractivity contribution < 1.29 is 4.74 Å². The minimum atomic E-state index is 0.377. The van der Waals surface area contributed by atoms with E-state index >= 15 is 0 Å². The smallest absolute Gasteiger partial charge is 0.0718 e. The lowest BCUT2D eigenvalue weighted by Crippen LogP contribution is -2.31.